The van der Waals surface area contributed by atoms with E-state index >= 15 is 0 Å². The van der Waals surface area contributed by atoms with E-state index in [1.807, 2.05) is 34.7 Å². The van der Waals surface area contributed by atoms with Crippen molar-refractivity contribution in [3.63, 3.8) is 0 Å². The number of fused-ring (bicyclic) bond motifs is 4. The van der Waals surface area contributed by atoms with Crippen LogP contribution < -0.4 is 70.2 Å². The fraction of sp³-hybridized carbons (Fsp3) is 0.562. The molecule has 0 saturated carbocycles. The van der Waals surface area contributed by atoms with E-state index in [0.29, 0.717) is 142 Å². The van der Waals surface area contributed by atoms with Gasteiger partial charge in [0.05, 0.1) is 79.9 Å². The first-order valence-electron chi connectivity index (χ1n) is 39.5. The molecule has 4 aromatic heterocycles. The number of aliphatic hydroxyl groups is 1. The average molecular weight is 1990 g/mol. The van der Waals surface area contributed by atoms with Crippen molar-refractivity contribution in [2.24, 2.45) is 23.5 Å². The van der Waals surface area contributed by atoms with Crippen LogP contribution in [0.15, 0.2) is 66.6 Å². The number of carboxylic acid groups (broad SMARTS) is 1. The minimum atomic E-state index is -4.61. The number of aliphatic hydroxyl groups excluding tert-OH is 1. The molecule has 0 saturated heterocycles. The molecular weight excluding hydrogens is 1880 g/mol. The van der Waals surface area contributed by atoms with E-state index in [1.165, 1.54) is 78.3 Å². The number of nitrogens with two attached hydrogens (primary N) is 1. The molecule has 8 rings (SSSR count). The van der Waals surface area contributed by atoms with E-state index < -0.39 is 92.1 Å². The summed E-state index contributed by atoms with van der Waals surface area (Å²) in [6.07, 6.45) is -11.2. The van der Waals surface area contributed by atoms with Crippen LogP contribution >= 0.6 is 58.0 Å². The van der Waals surface area contributed by atoms with Crippen LogP contribution in [0.3, 0.4) is 0 Å². The fourth-order valence-electron chi connectivity index (χ4n) is 11.2. The Labute approximate surface area is 789 Å². The molecule has 32 nitrogen and oxygen atoms in total. The predicted octanol–water partition coefficient (Wildman–Crippen LogP) is 15.7. The molecule has 3 atom stereocenters. The molecule has 4 heterocycles. The summed E-state index contributed by atoms with van der Waals surface area (Å²) in [7, 11) is 10.2. The number of hydrogen-bond acceptors (Lipinski definition) is 26. The SMILES string of the molecule is CCCc1c(OCCCN(C)C(=O)Cl)ccc2c(C(F)(F)F)noc12.CCCc1c(OCCCN(C)C(=O)NCC(C)C(=O)O)ccc2c(C(F)(F)F)noc12.CCCc1c(OCCCN(C)C(=O)NCC(C)C(=O)OC)ccc2c(C(F)(F)F)noc12.CCCc1c(OCCCNC)ccc2c(C(F)(F)F)noc12.CO.COC(=O)C(C)CN.O=C(Cl)OC(Cl)(Cl)Cl.[HH].[Na+].[OH-]. The molecule has 730 valence electrons. The maximum Gasteiger partial charge on any atom is 1.00 e. The predicted molar refractivity (Wildman–Crippen MR) is 455 cm³/mol. The first-order chi connectivity index (χ1) is 60.0. The number of carboxylic acids is 1. The third-order valence-corrected chi connectivity index (χ3v) is 18.3. The van der Waals surface area contributed by atoms with E-state index in [1.54, 1.807) is 41.1 Å². The van der Waals surface area contributed by atoms with Gasteiger partial charge in [0.2, 0.25) is 0 Å². The Bertz CT molecular complexity index is 4780. The van der Waals surface area contributed by atoms with Crippen molar-refractivity contribution in [1.29, 1.82) is 0 Å². The third kappa shape index (κ3) is 40.4. The van der Waals surface area contributed by atoms with Gasteiger partial charge in [-0.2, -0.15) is 52.7 Å². The van der Waals surface area contributed by atoms with Crippen LogP contribution in [-0.2, 0) is 79.0 Å². The standard InChI is InChI=1S/C21H28F3N3O5.C20H26F3N3O5.C16H18ClF3N2O3.C15H19F3N2O2.C5H11NO2.C2Cl4O2.CH4O.Na.H2O.H2/c1-5-7-14-16(9-8-15-17(14)32-26-18(15)21(22,23)24)31-11-6-10-27(3)20(29)25-12-13(2)19(28)30-4;1-4-6-13-15(8-7-14-16(13)31-25-17(14)20(21,22)23)30-10-5-9-26(3)19(29)24-11-12(2)18(27)28;1-3-5-10-12(24-9-4-8-22(2)15(17)23)7-6-11-13(10)25-21-14(11)16(18,19)20;1-3-5-10-12(21-9-4-8-19-2)7-6-11-13(10)22-20-14(11)15(16,17)18;1-4(3-6)5(7)8-2;3-1(7)8-2(4,5)6;1-2;;;/h8-9,13H,5-7,10-12H2,1-4H3,(H,25,29);7-8,12H,4-6,9-11H2,1-3H3,(H,24,29)(H,27,28);6-7H,3-5,8-9H2,1-2H3;6-7,19H,3-5,8-9H2,1-2H3;4H,3,6H2,1-2H3;;2H,1H3;;1H2;1H/q;;;;;;;+1;;/p-1. The van der Waals surface area contributed by atoms with Crippen molar-refractivity contribution in [3.05, 3.63) is 93.6 Å². The number of benzene rings is 4. The van der Waals surface area contributed by atoms with Gasteiger partial charge < -0.3 is 103 Å². The van der Waals surface area contributed by atoms with Crippen LogP contribution in [0, 0.1) is 17.8 Å². The summed E-state index contributed by atoms with van der Waals surface area (Å²) >= 11 is 24.8. The minimum absolute atomic E-state index is 0. The Hall–Kier alpha value is -8.70. The van der Waals surface area contributed by atoms with Gasteiger partial charge in [0, 0.05) is 103 Å². The van der Waals surface area contributed by atoms with Gasteiger partial charge >= 0.3 is 99.0 Å². The summed E-state index contributed by atoms with van der Waals surface area (Å²) in [6, 6.07) is 10.5. The number of carbonyl (C=O) groups is 7. The van der Waals surface area contributed by atoms with Crippen LogP contribution in [0.1, 0.15) is 146 Å². The monoisotopic (exact) mass is 1990 g/mol. The second kappa shape index (κ2) is 59.7. The topological polar surface area (TPSA) is 431 Å². The number of aromatic nitrogens is 4. The van der Waals surface area contributed by atoms with Gasteiger partial charge in [-0.25, -0.2) is 14.4 Å². The third-order valence-electron chi connectivity index (χ3n) is 17.7. The van der Waals surface area contributed by atoms with Crippen molar-refractivity contribution in [3.8, 4) is 23.0 Å². The smallest absolute Gasteiger partial charge is 0.870 e. The van der Waals surface area contributed by atoms with Gasteiger partial charge in [-0.05, 0) is 160 Å². The summed E-state index contributed by atoms with van der Waals surface area (Å²) in [5.41, 5.74) is 2.55. The molecule has 0 spiro atoms. The van der Waals surface area contributed by atoms with E-state index in [0.717, 1.165) is 26.5 Å². The van der Waals surface area contributed by atoms with Gasteiger partial charge in [0.1, 0.15) is 23.0 Å². The molecule has 8 N–H and O–H groups in total. The maximum absolute atomic E-state index is 13.1. The molecule has 0 radical (unpaired) electrons. The zero-order valence-corrected chi connectivity index (χ0v) is 79.7. The number of nitrogens with zero attached hydrogens (tertiary/aromatic N) is 7. The molecule has 3 unspecified atom stereocenters. The van der Waals surface area contributed by atoms with Crippen LogP contribution in [0.25, 0.3) is 43.9 Å². The van der Waals surface area contributed by atoms with E-state index in [2.05, 4.69) is 62.4 Å². The fourth-order valence-corrected chi connectivity index (χ4v) is 11.7. The molecule has 4 aromatic carbocycles. The number of methoxy groups -OCH3 is 2. The van der Waals surface area contributed by atoms with Gasteiger partial charge in [-0.1, -0.05) is 94.8 Å². The summed E-state index contributed by atoms with van der Waals surface area (Å²) in [5.74, 6) is -1.09. The van der Waals surface area contributed by atoms with Crippen molar-refractivity contribution < 1.29 is 184 Å². The van der Waals surface area contributed by atoms with Crippen LogP contribution in [0.2, 0.25) is 0 Å². The van der Waals surface area contributed by atoms with E-state index in [4.69, 9.17) is 99.4 Å². The molecular formula is C80H109Cl5F12N11NaO21. The number of nitrogens with one attached hydrogen (secondary N) is 3. The number of rotatable bonds is 36. The molecule has 0 bridgehead atoms. The Morgan fingerprint density at radius 1 is 0.477 bits per heavy atom. The molecule has 0 fully saturated rings. The van der Waals surface area contributed by atoms with E-state index in [-0.39, 0.29) is 131 Å². The number of halogens is 17. The maximum atomic E-state index is 13.1. The minimum Gasteiger partial charge on any atom is -0.870 e. The first-order valence-corrected chi connectivity index (χ1v) is 41.4. The summed E-state index contributed by atoms with van der Waals surface area (Å²) < 4.78 is 210. The van der Waals surface area contributed by atoms with Crippen molar-refractivity contribution in [2.75, 3.05) is 122 Å². The molecule has 50 heteroatoms. The van der Waals surface area contributed by atoms with Crippen LogP contribution in [0.4, 0.5) is 71.9 Å². The van der Waals surface area contributed by atoms with Crippen molar-refractivity contribution in [1.82, 2.24) is 51.3 Å². The Morgan fingerprint density at radius 2 is 0.746 bits per heavy atom. The zero-order chi connectivity index (χ0) is 97.2. The van der Waals surface area contributed by atoms with Gasteiger partial charge in [-0.3, -0.25) is 19.2 Å². The number of aliphatic carboxylic acids is 1. The Morgan fingerprint density at radius 3 is 0.962 bits per heavy atom. The van der Waals surface area contributed by atoms with E-state index in [9.17, 15) is 86.2 Å². The summed E-state index contributed by atoms with van der Waals surface area (Å²) in [6.45, 7) is 16.3. The number of esters is 2. The zero-order valence-electron chi connectivity index (χ0n) is 73.9. The van der Waals surface area contributed by atoms with Gasteiger partial charge in [0.25, 0.3) is 0 Å². The van der Waals surface area contributed by atoms with Crippen LogP contribution in [-0.4, -0.2) is 218 Å². The van der Waals surface area contributed by atoms with Crippen molar-refractivity contribution >= 4 is 143 Å². The quantitative estimate of drug-likeness (QED) is 0.00310. The molecule has 8 aromatic rings. The van der Waals surface area contributed by atoms with Gasteiger partial charge in [0.15, 0.2) is 45.1 Å². The molecule has 0 aliphatic rings. The number of ether oxygens (including phenoxy) is 7. The normalized spacial score (nSPS) is 11.9. The molecule has 0 aliphatic carbocycles. The van der Waals surface area contributed by atoms with Crippen LogP contribution in [0.5, 0.6) is 23.0 Å². The summed E-state index contributed by atoms with van der Waals surface area (Å²) in [5, 5.41) is 35.9. The number of aryl methyl sites for hydroxylation is 4. The second-order valence-electron chi connectivity index (χ2n) is 27.7. The molecule has 0 aliphatic heterocycles. The molecule has 130 heavy (non-hydrogen) atoms. The molecule has 5 amide bonds. The number of urea groups is 2. The first kappa shape index (κ1) is 121. The number of alkyl halides is 15. The number of carbonyl (C=O) groups excluding carboxylic acids is 6. The Balaban J connectivity index is 0. The number of amides is 5. The number of hydrogen-bond donors (Lipinski definition) is 6. The largest absolute Gasteiger partial charge is 1.00 e. The van der Waals surface area contributed by atoms with Gasteiger partial charge in [-0.15, -0.1) is 0 Å². The Kier molecular flexibility index (Phi) is 55.7. The average Bonchev–Trinajstić information content (AvgIpc) is 1.66. The summed E-state index contributed by atoms with van der Waals surface area (Å²) in [4.78, 5) is 81.5. The van der Waals surface area contributed by atoms with Crippen molar-refractivity contribution in [2.45, 2.75) is 154 Å². The second-order valence-corrected chi connectivity index (χ2v) is 30.5.